The molecule has 1 aliphatic carbocycles. The Morgan fingerprint density at radius 3 is 2.16 bits per heavy atom. The van der Waals surface area contributed by atoms with Gasteiger partial charge < -0.3 is 10.2 Å². The van der Waals surface area contributed by atoms with Crippen molar-refractivity contribution in [2.45, 2.75) is 195 Å². The van der Waals surface area contributed by atoms with Crippen LogP contribution in [0.4, 0.5) is 0 Å². The summed E-state index contributed by atoms with van der Waals surface area (Å²) in [6.07, 6.45) is 42.3. The van der Waals surface area contributed by atoms with Crippen molar-refractivity contribution in [3.05, 3.63) is 23.8 Å². The molecule has 4 heteroatoms. The first-order valence-electron chi connectivity index (χ1n) is 19.6. The van der Waals surface area contributed by atoms with E-state index in [-0.39, 0.29) is 13.3 Å². The molecule has 0 aromatic rings. The molecule has 2 aliphatic rings. The summed E-state index contributed by atoms with van der Waals surface area (Å²) >= 11 is 0. The lowest BCUT2D eigenvalue weighted by Crippen LogP contribution is -2.36. The molecule has 1 unspecified atom stereocenters. The first-order chi connectivity index (χ1) is 21.7. The molecule has 262 valence electrons. The van der Waals surface area contributed by atoms with Crippen LogP contribution < -0.4 is 5.32 Å². The number of aliphatic imine (C=N–C) groups is 1. The van der Waals surface area contributed by atoms with E-state index in [1.807, 2.05) is 0 Å². The minimum absolute atomic E-state index is 0. The quantitative estimate of drug-likeness (QED) is 0.0766. The van der Waals surface area contributed by atoms with E-state index in [0.717, 1.165) is 44.9 Å². The highest BCUT2D eigenvalue weighted by Crippen LogP contribution is 2.27. The van der Waals surface area contributed by atoms with Crippen molar-refractivity contribution in [2.24, 2.45) is 10.9 Å². The van der Waals surface area contributed by atoms with Crippen molar-refractivity contribution in [1.82, 2.24) is 10.2 Å². The van der Waals surface area contributed by atoms with Gasteiger partial charge in [-0.1, -0.05) is 135 Å². The van der Waals surface area contributed by atoms with Gasteiger partial charge in [-0.05, 0) is 76.5 Å². The van der Waals surface area contributed by atoms with Crippen molar-refractivity contribution in [2.75, 3.05) is 26.2 Å². The highest BCUT2D eigenvalue weighted by atomic mass is 16.1. The Kier molecular flexibility index (Phi) is 27.4. The van der Waals surface area contributed by atoms with E-state index in [1.54, 1.807) is 5.57 Å². The summed E-state index contributed by atoms with van der Waals surface area (Å²) in [5.41, 5.74) is 1.75. The van der Waals surface area contributed by atoms with Crippen LogP contribution in [0.1, 0.15) is 195 Å². The first kappa shape index (κ1) is 41.4. The second-order valence-electron chi connectivity index (χ2n) is 13.9. The molecular formula is C41H77N3O. The monoisotopic (exact) mass is 628 g/mol. The molecule has 0 aromatic heterocycles. The molecule has 1 heterocycles. The van der Waals surface area contributed by atoms with E-state index < -0.39 is 0 Å². The van der Waals surface area contributed by atoms with E-state index in [9.17, 15) is 4.79 Å². The molecule has 45 heavy (non-hydrogen) atoms. The molecule has 0 radical (unpaired) electrons. The van der Waals surface area contributed by atoms with Gasteiger partial charge >= 0.3 is 0 Å². The second-order valence-corrected chi connectivity index (χ2v) is 13.9. The van der Waals surface area contributed by atoms with Crippen LogP contribution in [0.15, 0.2) is 28.8 Å². The number of hydrogen-bond acceptors (Lipinski definition) is 3. The number of nitrogens with zero attached hydrogens (tertiary/aromatic N) is 2. The molecule has 1 saturated carbocycles. The van der Waals surface area contributed by atoms with E-state index in [0.29, 0.717) is 6.42 Å². The summed E-state index contributed by atoms with van der Waals surface area (Å²) < 4.78 is 0. The van der Waals surface area contributed by atoms with E-state index in [1.165, 1.54) is 160 Å². The third kappa shape index (κ3) is 22.6. The Morgan fingerprint density at radius 1 is 0.800 bits per heavy atom. The van der Waals surface area contributed by atoms with Crippen molar-refractivity contribution in [3.63, 3.8) is 0 Å². The van der Waals surface area contributed by atoms with Crippen molar-refractivity contribution in [1.29, 1.82) is 0 Å². The average Bonchev–Trinajstić information content (AvgIpc) is 3.46. The first-order valence-corrected chi connectivity index (χ1v) is 19.6. The van der Waals surface area contributed by atoms with Crippen molar-refractivity contribution in [3.8, 4) is 0 Å². The Hall–Kier alpha value is -1.58. The van der Waals surface area contributed by atoms with Gasteiger partial charge in [0.2, 0.25) is 5.91 Å². The number of amidine groups is 1. The van der Waals surface area contributed by atoms with Crippen LogP contribution in [0.2, 0.25) is 0 Å². The largest absolute Gasteiger partial charge is 0.357 e. The molecule has 1 N–H and O–H groups in total. The number of carbonyl (C=O) groups is 1. The molecule has 0 aromatic carbocycles. The Labute approximate surface area is 281 Å². The van der Waals surface area contributed by atoms with Gasteiger partial charge in [0.05, 0.1) is 12.4 Å². The summed E-state index contributed by atoms with van der Waals surface area (Å²) in [5.74, 6) is 2.32. The van der Waals surface area contributed by atoms with Crippen LogP contribution in [0.25, 0.3) is 0 Å². The van der Waals surface area contributed by atoms with Gasteiger partial charge in [-0.2, -0.15) is 0 Å². The van der Waals surface area contributed by atoms with E-state index in [2.05, 4.69) is 42.3 Å². The maximum absolute atomic E-state index is 12.3. The van der Waals surface area contributed by atoms with Crippen molar-refractivity contribution < 1.29 is 4.79 Å². The molecule has 0 spiro atoms. The van der Waals surface area contributed by atoms with E-state index in [4.69, 9.17) is 4.99 Å². The lowest BCUT2D eigenvalue weighted by Gasteiger charge is -2.20. The number of amides is 1. The summed E-state index contributed by atoms with van der Waals surface area (Å²) in [5, 5.41) is 3.16. The number of unbranched alkanes of at least 4 members (excludes halogenated alkanes) is 16. The predicted molar refractivity (Wildman–Crippen MR) is 200 cm³/mol. The lowest BCUT2D eigenvalue weighted by molar-refractivity contribution is -0.121. The number of carbonyl (C=O) groups excluding carboxylic acids is 1. The predicted octanol–water partition coefficient (Wildman–Crippen LogP) is 12.1. The van der Waals surface area contributed by atoms with Gasteiger partial charge in [-0.15, -0.1) is 0 Å². The molecule has 1 aliphatic heterocycles. The fourth-order valence-corrected chi connectivity index (χ4v) is 6.90. The zero-order valence-electron chi connectivity index (χ0n) is 29.5. The van der Waals surface area contributed by atoms with Crippen LogP contribution in [0, 0.1) is 5.92 Å². The molecule has 0 saturated heterocycles. The van der Waals surface area contributed by atoms with Gasteiger partial charge in [0.1, 0.15) is 0 Å². The zero-order valence-corrected chi connectivity index (χ0v) is 29.5. The number of rotatable bonds is 26. The minimum Gasteiger partial charge on any atom is -0.357 e. The van der Waals surface area contributed by atoms with Crippen LogP contribution in [0.3, 0.4) is 0 Å². The Morgan fingerprint density at radius 2 is 1.42 bits per heavy atom. The lowest BCUT2D eigenvalue weighted by atomic mass is 9.87. The molecule has 4 nitrogen and oxygen atoms in total. The minimum atomic E-state index is 0. The van der Waals surface area contributed by atoms with Crippen LogP contribution in [0.5, 0.6) is 0 Å². The normalized spacial score (nSPS) is 18.2. The zero-order chi connectivity index (χ0) is 31.3. The molecule has 1 amide bonds. The van der Waals surface area contributed by atoms with E-state index >= 15 is 0 Å². The van der Waals surface area contributed by atoms with Crippen molar-refractivity contribution >= 4 is 11.7 Å². The molecule has 0 bridgehead atoms. The van der Waals surface area contributed by atoms with Gasteiger partial charge in [0, 0.05) is 32.5 Å². The van der Waals surface area contributed by atoms with Gasteiger partial charge in [0.15, 0.2) is 0 Å². The summed E-state index contributed by atoms with van der Waals surface area (Å²) in [4.78, 5) is 19.5. The molecular weight excluding hydrogens is 550 g/mol. The summed E-state index contributed by atoms with van der Waals surface area (Å²) in [6.45, 7) is 8.32. The summed E-state index contributed by atoms with van der Waals surface area (Å²) in [7, 11) is 0. The van der Waals surface area contributed by atoms with Gasteiger partial charge in [0.25, 0.3) is 0 Å². The van der Waals surface area contributed by atoms with Crippen LogP contribution in [-0.4, -0.2) is 42.8 Å². The topological polar surface area (TPSA) is 44.7 Å². The molecule has 1 atom stereocenters. The van der Waals surface area contributed by atoms with Gasteiger partial charge in [-0.3, -0.25) is 9.79 Å². The second kappa shape index (κ2) is 29.8. The van der Waals surface area contributed by atoms with Gasteiger partial charge in [-0.25, -0.2) is 0 Å². The summed E-state index contributed by atoms with van der Waals surface area (Å²) in [6, 6.07) is 0. The fraction of sp³-hybridized carbons (Fsp3) is 0.854. The maximum atomic E-state index is 12.3. The van der Waals surface area contributed by atoms with Crippen LogP contribution in [-0.2, 0) is 4.79 Å². The molecule has 2 rings (SSSR count). The smallest absolute Gasteiger partial charge is 0.220 e. The molecule has 1 fully saturated rings. The van der Waals surface area contributed by atoms with Crippen LogP contribution >= 0.6 is 0 Å². The average molecular weight is 628 g/mol. The third-order valence-electron chi connectivity index (χ3n) is 9.90. The highest BCUT2D eigenvalue weighted by Gasteiger charge is 2.16. The highest BCUT2D eigenvalue weighted by molar-refractivity contribution is 5.83. The Bertz CT molecular complexity index is 786. The standard InChI is InChI=1S/C40H73N3O.CH4/c1-3-4-5-6-7-8-9-10-11-12-13-14-15-20-27-32-40(44)42-34-36-43-35-33-41-39(43)31-26-19-17-16-18-24-29-38-30-25-22-21-23-28-37(38)2;/h10-11,29,37H,3-9,12-28,30-36H2,1-2H3,(H,42,44);1H4/b11-10-,38-29+;. The number of hydrogen-bond donors (Lipinski definition) is 1. The SMILES string of the molecule is C.CCCCCCCC/C=C\CCCCCCCC(=O)NCCN1CCN=C1CCCCCCC/C=C1\CCCCCCC1C. The number of nitrogens with one attached hydrogen (secondary N) is 1. The third-order valence-corrected chi connectivity index (χ3v) is 9.90. The fourth-order valence-electron chi connectivity index (χ4n) is 6.90. The number of allylic oxidation sites excluding steroid dienone is 4. The maximum Gasteiger partial charge on any atom is 0.220 e. The Balaban J connectivity index is 0.0000101.